The fourth-order valence-electron chi connectivity index (χ4n) is 2.43. The molecule has 2 aromatic rings. The maximum absolute atomic E-state index is 11.2. The highest BCUT2D eigenvalue weighted by Gasteiger charge is 2.12. The second-order valence-electron chi connectivity index (χ2n) is 4.98. The van der Waals surface area contributed by atoms with Gasteiger partial charge in [-0.3, -0.25) is 9.79 Å². The summed E-state index contributed by atoms with van der Waals surface area (Å²) in [5.41, 5.74) is 8.06. The van der Waals surface area contributed by atoms with E-state index >= 15 is 0 Å². The summed E-state index contributed by atoms with van der Waals surface area (Å²) in [5.74, 6) is 1.16. The molecule has 2 heterocycles. The SMILES string of the molecule is NC(=O)c1ccoc1CCc1ccc(C2=NCCN2)cc1. The van der Waals surface area contributed by atoms with Crippen molar-refractivity contribution in [3.05, 3.63) is 59.0 Å². The number of nitrogens with one attached hydrogen (secondary N) is 1. The molecule has 3 rings (SSSR count). The van der Waals surface area contributed by atoms with Crippen molar-refractivity contribution in [2.45, 2.75) is 12.8 Å². The first-order valence-electron chi connectivity index (χ1n) is 6.98. The van der Waals surface area contributed by atoms with E-state index in [0.29, 0.717) is 17.7 Å². The van der Waals surface area contributed by atoms with Gasteiger partial charge in [0.2, 0.25) is 0 Å². The van der Waals surface area contributed by atoms with Crippen molar-refractivity contribution >= 4 is 11.7 Å². The lowest BCUT2D eigenvalue weighted by Crippen LogP contribution is -2.19. The first-order chi connectivity index (χ1) is 10.2. The van der Waals surface area contributed by atoms with Crippen LogP contribution in [0.15, 0.2) is 46.0 Å². The molecule has 5 nitrogen and oxygen atoms in total. The minimum absolute atomic E-state index is 0.445. The van der Waals surface area contributed by atoms with Gasteiger partial charge in [-0.05, 0) is 18.1 Å². The first-order valence-corrected chi connectivity index (χ1v) is 6.98. The lowest BCUT2D eigenvalue weighted by Gasteiger charge is -2.05. The van der Waals surface area contributed by atoms with E-state index in [1.165, 1.54) is 11.8 Å². The minimum Gasteiger partial charge on any atom is -0.468 e. The number of primary amides is 1. The topological polar surface area (TPSA) is 80.6 Å². The number of hydrogen-bond donors (Lipinski definition) is 2. The summed E-state index contributed by atoms with van der Waals surface area (Å²) in [4.78, 5) is 15.6. The zero-order valence-electron chi connectivity index (χ0n) is 11.6. The number of benzene rings is 1. The molecule has 0 saturated carbocycles. The Bertz CT molecular complexity index is 671. The summed E-state index contributed by atoms with van der Waals surface area (Å²) in [6.45, 7) is 1.75. The number of nitrogens with zero attached hydrogens (tertiary/aromatic N) is 1. The third-order valence-corrected chi connectivity index (χ3v) is 3.55. The number of amides is 1. The zero-order valence-corrected chi connectivity index (χ0v) is 11.6. The Morgan fingerprint density at radius 2 is 2.05 bits per heavy atom. The van der Waals surface area contributed by atoms with Gasteiger partial charge in [-0.1, -0.05) is 24.3 Å². The number of amidine groups is 1. The molecule has 0 unspecified atom stereocenters. The van der Waals surface area contributed by atoms with Crippen LogP contribution in [0.2, 0.25) is 0 Å². The highest BCUT2D eigenvalue weighted by Crippen LogP contribution is 2.14. The number of nitrogens with two attached hydrogens (primary N) is 1. The van der Waals surface area contributed by atoms with Crippen LogP contribution in [0.25, 0.3) is 0 Å². The molecule has 21 heavy (non-hydrogen) atoms. The predicted octanol–water partition coefficient (Wildman–Crippen LogP) is 1.51. The normalized spacial score (nSPS) is 13.8. The van der Waals surface area contributed by atoms with E-state index < -0.39 is 5.91 Å². The van der Waals surface area contributed by atoms with Crippen molar-refractivity contribution in [3.8, 4) is 0 Å². The summed E-state index contributed by atoms with van der Waals surface area (Å²) in [7, 11) is 0. The standard InChI is InChI=1S/C16H17N3O2/c17-15(20)13-7-10-21-14(13)6-3-11-1-4-12(5-2-11)16-18-8-9-19-16/h1-2,4-5,7,10H,3,6,8-9H2,(H2,17,20)(H,18,19). The van der Waals surface area contributed by atoms with Crippen molar-refractivity contribution in [1.82, 2.24) is 5.32 Å². The Kier molecular flexibility index (Phi) is 3.73. The summed E-state index contributed by atoms with van der Waals surface area (Å²) in [6, 6.07) is 9.88. The van der Waals surface area contributed by atoms with Gasteiger partial charge in [0.15, 0.2) is 0 Å². The van der Waals surface area contributed by atoms with E-state index in [4.69, 9.17) is 10.2 Å². The smallest absolute Gasteiger partial charge is 0.252 e. The Hall–Kier alpha value is -2.56. The fourth-order valence-corrected chi connectivity index (χ4v) is 2.43. The average Bonchev–Trinajstić information content (AvgIpc) is 3.17. The minimum atomic E-state index is -0.445. The summed E-state index contributed by atoms with van der Waals surface area (Å²) in [6.07, 6.45) is 2.96. The molecule has 108 valence electrons. The quantitative estimate of drug-likeness (QED) is 0.873. The van der Waals surface area contributed by atoms with E-state index in [1.807, 2.05) is 0 Å². The third kappa shape index (κ3) is 2.97. The van der Waals surface area contributed by atoms with Gasteiger partial charge in [-0.2, -0.15) is 0 Å². The molecule has 1 aliphatic rings. The molecule has 1 aromatic carbocycles. The molecule has 0 aliphatic carbocycles. The summed E-state index contributed by atoms with van der Waals surface area (Å²) < 4.78 is 5.32. The number of carbonyl (C=O) groups excluding carboxylic acids is 1. The highest BCUT2D eigenvalue weighted by atomic mass is 16.3. The molecule has 0 atom stereocenters. The lowest BCUT2D eigenvalue weighted by molar-refractivity contribution is 0.0998. The largest absolute Gasteiger partial charge is 0.468 e. The first kappa shape index (κ1) is 13.4. The molecule has 0 fully saturated rings. The van der Waals surface area contributed by atoms with Gasteiger partial charge in [0, 0.05) is 18.5 Å². The Morgan fingerprint density at radius 3 is 2.71 bits per heavy atom. The Labute approximate surface area is 122 Å². The Balaban J connectivity index is 1.65. The summed E-state index contributed by atoms with van der Waals surface area (Å²) >= 11 is 0. The molecule has 1 amide bonds. The maximum atomic E-state index is 11.2. The van der Waals surface area contributed by atoms with Gasteiger partial charge in [-0.25, -0.2) is 0 Å². The van der Waals surface area contributed by atoms with Crippen molar-refractivity contribution < 1.29 is 9.21 Å². The molecule has 1 aliphatic heterocycles. The van der Waals surface area contributed by atoms with Gasteiger partial charge < -0.3 is 15.5 Å². The molecule has 1 aromatic heterocycles. The van der Waals surface area contributed by atoms with Gasteiger partial charge in [0.25, 0.3) is 5.91 Å². The second kappa shape index (κ2) is 5.83. The number of aryl methyl sites for hydroxylation is 2. The van der Waals surface area contributed by atoms with Crippen LogP contribution >= 0.6 is 0 Å². The lowest BCUT2D eigenvalue weighted by atomic mass is 10.0. The van der Waals surface area contributed by atoms with Crippen LogP contribution in [-0.4, -0.2) is 24.8 Å². The molecule has 0 saturated heterocycles. The van der Waals surface area contributed by atoms with Crippen LogP contribution in [0.4, 0.5) is 0 Å². The molecular weight excluding hydrogens is 266 g/mol. The van der Waals surface area contributed by atoms with Gasteiger partial charge in [-0.15, -0.1) is 0 Å². The number of rotatable bonds is 5. The van der Waals surface area contributed by atoms with Crippen LogP contribution in [-0.2, 0) is 12.8 Å². The summed E-state index contributed by atoms with van der Waals surface area (Å²) in [5, 5.41) is 3.25. The fraction of sp³-hybridized carbons (Fsp3) is 0.250. The van der Waals surface area contributed by atoms with Crippen LogP contribution < -0.4 is 11.1 Å². The molecule has 0 bridgehead atoms. The number of carbonyl (C=O) groups is 1. The molecule has 0 spiro atoms. The van der Waals surface area contributed by atoms with Crippen LogP contribution in [0.1, 0.15) is 27.2 Å². The van der Waals surface area contributed by atoms with Crippen molar-refractivity contribution in [1.29, 1.82) is 0 Å². The van der Waals surface area contributed by atoms with Gasteiger partial charge >= 0.3 is 0 Å². The van der Waals surface area contributed by atoms with Crippen molar-refractivity contribution in [2.24, 2.45) is 10.7 Å². The van der Waals surface area contributed by atoms with E-state index in [0.717, 1.165) is 30.9 Å². The second-order valence-corrected chi connectivity index (χ2v) is 4.98. The van der Waals surface area contributed by atoms with Gasteiger partial charge in [0.05, 0.1) is 18.4 Å². The van der Waals surface area contributed by atoms with E-state index in [2.05, 4.69) is 34.6 Å². The number of aliphatic imine (C=N–C) groups is 1. The Morgan fingerprint density at radius 1 is 1.24 bits per heavy atom. The van der Waals surface area contributed by atoms with E-state index in [1.54, 1.807) is 6.07 Å². The van der Waals surface area contributed by atoms with Crippen LogP contribution in [0.3, 0.4) is 0 Å². The molecule has 0 radical (unpaired) electrons. The van der Waals surface area contributed by atoms with Crippen LogP contribution in [0.5, 0.6) is 0 Å². The number of hydrogen-bond acceptors (Lipinski definition) is 4. The average molecular weight is 283 g/mol. The molecule has 3 N–H and O–H groups in total. The molecular formula is C16H17N3O2. The maximum Gasteiger partial charge on any atom is 0.252 e. The predicted molar refractivity (Wildman–Crippen MR) is 80.5 cm³/mol. The number of furan rings is 1. The monoisotopic (exact) mass is 283 g/mol. The zero-order chi connectivity index (χ0) is 14.7. The van der Waals surface area contributed by atoms with E-state index in [9.17, 15) is 4.79 Å². The molecule has 5 heteroatoms. The van der Waals surface area contributed by atoms with Gasteiger partial charge in [0.1, 0.15) is 11.6 Å². The van der Waals surface area contributed by atoms with Crippen molar-refractivity contribution in [2.75, 3.05) is 13.1 Å². The highest BCUT2D eigenvalue weighted by molar-refractivity contribution is 5.99. The van der Waals surface area contributed by atoms with E-state index in [-0.39, 0.29) is 0 Å². The van der Waals surface area contributed by atoms with Crippen molar-refractivity contribution in [3.63, 3.8) is 0 Å². The third-order valence-electron chi connectivity index (χ3n) is 3.55. The van der Waals surface area contributed by atoms with Crippen LogP contribution in [0, 0.1) is 0 Å².